The van der Waals surface area contributed by atoms with E-state index in [9.17, 15) is 30.0 Å². The molecule has 3 rings (SSSR count). The average Bonchev–Trinajstić information content (AvgIpc) is 2.74. The van der Waals surface area contributed by atoms with Crippen molar-refractivity contribution in [3.05, 3.63) is 34.7 Å². The van der Waals surface area contributed by atoms with Crippen molar-refractivity contribution in [1.82, 2.24) is 0 Å². The Labute approximate surface area is 182 Å². The number of carboxylic acids is 1. The van der Waals surface area contributed by atoms with E-state index < -0.39 is 54.9 Å². The average molecular weight is 457 g/mol. The molecule has 12 heteroatoms. The van der Waals surface area contributed by atoms with Crippen LogP contribution in [0.25, 0.3) is 11.0 Å². The Kier molecular flexibility index (Phi) is 8.55. The van der Waals surface area contributed by atoms with Gasteiger partial charge in [-0.15, -0.1) is 0 Å². The van der Waals surface area contributed by atoms with Crippen molar-refractivity contribution in [3.63, 3.8) is 0 Å². The summed E-state index contributed by atoms with van der Waals surface area (Å²) in [7, 11) is 0. The van der Waals surface area contributed by atoms with Crippen molar-refractivity contribution in [2.24, 2.45) is 11.7 Å². The first-order valence-corrected chi connectivity index (χ1v) is 9.68. The van der Waals surface area contributed by atoms with Crippen LogP contribution in [-0.2, 0) is 9.53 Å². The van der Waals surface area contributed by atoms with Crippen LogP contribution in [0.3, 0.4) is 0 Å². The normalized spacial score (nSPS) is 26.3. The topological polar surface area (TPSA) is 213 Å². The number of hydrogen-bond donors (Lipinski definition) is 7. The molecule has 1 aliphatic heterocycles. The lowest BCUT2D eigenvalue weighted by Crippen LogP contribution is -2.60. The second-order valence-electron chi connectivity index (χ2n) is 7.54. The molecule has 178 valence electrons. The summed E-state index contributed by atoms with van der Waals surface area (Å²) in [6.45, 7) is 2.96. The molecule has 0 bridgehead atoms. The summed E-state index contributed by atoms with van der Waals surface area (Å²) in [6, 6.07) is 4.46. The van der Waals surface area contributed by atoms with Crippen molar-refractivity contribution >= 4 is 16.9 Å². The molecule has 8 N–H and O–H groups in total. The van der Waals surface area contributed by atoms with E-state index in [0.717, 1.165) is 6.07 Å². The largest absolute Gasteiger partial charge is 0.504 e. The van der Waals surface area contributed by atoms with E-state index in [1.165, 1.54) is 18.2 Å². The summed E-state index contributed by atoms with van der Waals surface area (Å²) in [5.41, 5.74) is 4.72. The van der Waals surface area contributed by atoms with Crippen molar-refractivity contribution in [2.45, 2.75) is 50.6 Å². The zero-order chi connectivity index (χ0) is 24.2. The van der Waals surface area contributed by atoms with Gasteiger partial charge in [-0.25, -0.2) is 4.79 Å². The van der Waals surface area contributed by atoms with Crippen LogP contribution in [0, 0.1) is 5.92 Å². The number of ether oxygens (including phenoxy) is 2. The van der Waals surface area contributed by atoms with Crippen LogP contribution >= 0.6 is 0 Å². The minimum atomic E-state index is -1.60. The number of carbonyl (C=O) groups is 1. The highest BCUT2D eigenvalue weighted by Crippen LogP contribution is 2.33. The Morgan fingerprint density at radius 1 is 1.16 bits per heavy atom. The van der Waals surface area contributed by atoms with Crippen LogP contribution < -0.4 is 16.1 Å². The highest BCUT2D eigenvalue weighted by molar-refractivity contribution is 5.80. The van der Waals surface area contributed by atoms with Gasteiger partial charge in [0.15, 0.2) is 11.5 Å². The minimum absolute atomic E-state index is 0.0208. The van der Waals surface area contributed by atoms with Gasteiger partial charge < -0.3 is 50.3 Å². The third-order valence-electron chi connectivity index (χ3n) is 4.80. The first-order valence-electron chi connectivity index (χ1n) is 9.68. The lowest BCUT2D eigenvalue weighted by Gasteiger charge is -2.39. The molecule has 0 unspecified atom stereocenters. The predicted octanol–water partition coefficient (Wildman–Crippen LogP) is -1.27. The van der Waals surface area contributed by atoms with E-state index in [-0.39, 0.29) is 23.0 Å². The molecule has 2 heterocycles. The number of aliphatic hydroxyl groups is 4. The highest BCUT2D eigenvalue weighted by atomic mass is 16.7. The van der Waals surface area contributed by atoms with Crippen molar-refractivity contribution < 1.29 is 49.3 Å². The molecule has 0 amide bonds. The van der Waals surface area contributed by atoms with Crippen molar-refractivity contribution in [3.8, 4) is 11.5 Å². The van der Waals surface area contributed by atoms with E-state index in [2.05, 4.69) is 0 Å². The van der Waals surface area contributed by atoms with E-state index in [0.29, 0.717) is 5.39 Å². The molecule has 0 saturated carbocycles. The van der Waals surface area contributed by atoms with Crippen LogP contribution in [0.4, 0.5) is 0 Å². The summed E-state index contributed by atoms with van der Waals surface area (Å²) >= 11 is 0. The minimum Gasteiger partial charge on any atom is -0.504 e. The van der Waals surface area contributed by atoms with Gasteiger partial charge in [0, 0.05) is 17.5 Å². The maximum Gasteiger partial charge on any atom is 0.336 e. The summed E-state index contributed by atoms with van der Waals surface area (Å²) in [5, 5.41) is 57.2. The molecule has 1 fully saturated rings. The molecule has 1 aromatic carbocycles. The summed E-state index contributed by atoms with van der Waals surface area (Å²) in [6.07, 6.45) is -7.27. The van der Waals surface area contributed by atoms with Crippen LogP contribution in [0.2, 0.25) is 0 Å². The van der Waals surface area contributed by atoms with Crippen LogP contribution in [0.1, 0.15) is 13.8 Å². The second kappa shape index (κ2) is 10.7. The number of benzene rings is 1. The smallest absolute Gasteiger partial charge is 0.336 e. The van der Waals surface area contributed by atoms with Gasteiger partial charge >= 0.3 is 11.6 Å². The third kappa shape index (κ3) is 5.94. The number of aliphatic hydroxyl groups excluding tert-OH is 4. The molecule has 0 radical (unpaired) electrons. The zero-order valence-electron chi connectivity index (χ0n) is 17.4. The Morgan fingerprint density at radius 2 is 1.81 bits per heavy atom. The van der Waals surface area contributed by atoms with Crippen LogP contribution in [0.15, 0.2) is 33.5 Å². The Morgan fingerprint density at radius 3 is 2.34 bits per heavy atom. The van der Waals surface area contributed by atoms with Crippen molar-refractivity contribution in [2.75, 3.05) is 6.61 Å². The first kappa shape index (κ1) is 25.5. The van der Waals surface area contributed by atoms with Crippen LogP contribution in [-0.4, -0.2) is 80.0 Å². The SMILES string of the molecule is CC(C)[C@H](N)C(=O)O.O=c1ccc2cc(O[C@@H]3O[C@H](CO)[C@@H](O)[C@H](O)[C@H]3O)c(O)cc2o1. The fraction of sp³-hybridized carbons (Fsp3) is 0.500. The van der Waals surface area contributed by atoms with E-state index in [1.54, 1.807) is 13.8 Å². The Hall–Kier alpha value is -2.74. The maximum absolute atomic E-state index is 11.2. The number of phenolic OH excluding ortho intramolecular Hbond substituents is 1. The van der Waals surface area contributed by atoms with Crippen LogP contribution in [0.5, 0.6) is 11.5 Å². The molecule has 0 aliphatic carbocycles. The van der Waals surface area contributed by atoms with E-state index >= 15 is 0 Å². The van der Waals surface area contributed by atoms with E-state index in [1.807, 2.05) is 0 Å². The predicted molar refractivity (Wildman–Crippen MR) is 109 cm³/mol. The number of nitrogens with two attached hydrogens (primary N) is 1. The molecule has 12 nitrogen and oxygen atoms in total. The van der Waals surface area contributed by atoms with E-state index in [4.69, 9.17) is 29.8 Å². The van der Waals surface area contributed by atoms with Gasteiger partial charge in [-0.1, -0.05) is 13.8 Å². The third-order valence-corrected chi connectivity index (χ3v) is 4.80. The highest BCUT2D eigenvalue weighted by Gasteiger charge is 2.44. The van der Waals surface area contributed by atoms with Gasteiger partial charge in [0.25, 0.3) is 0 Å². The monoisotopic (exact) mass is 457 g/mol. The summed E-state index contributed by atoms with van der Waals surface area (Å²) in [4.78, 5) is 21.2. The quantitative estimate of drug-likeness (QED) is 0.262. The molecule has 2 aromatic rings. The number of rotatable bonds is 5. The molecular formula is C20H27NO11. The second-order valence-corrected chi connectivity index (χ2v) is 7.54. The molecule has 0 spiro atoms. The molecule has 1 saturated heterocycles. The number of aromatic hydroxyl groups is 1. The number of aliphatic carboxylic acids is 1. The van der Waals surface area contributed by atoms with Gasteiger partial charge in [-0.05, 0) is 18.1 Å². The zero-order valence-corrected chi connectivity index (χ0v) is 17.4. The standard InChI is InChI=1S/C15H16O9.C5H11NO2/c16-5-10-12(19)13(20)14(21)15(24-10)23-9-3-6-1-2-11(18)22-8(6)4-7(9)17;1-3(2)4(6)5(7)8/h1-4,10,12-17,19-21H,5H2;3-4H,6H2,1-2H3,(H,7,8)/t10-,12-,13+,14-,15-;4-/m10/s1. The van der Waals surface area contributed by atoms with Crippen molar-refractivity contribution in [1.29, 1.82) is 0 Å². The van der Waals surface area contributed by atoms with Gasteiger partial charge in [0.2, 0.25) is 6.29 Å². The Bertz CT molecular complexity index is 974. The lowest BCUT2D eigenvalue weighted by molar-refractivity contribution is -0.277. The number of hydrogen-bond acceptors (Lipinski definition) is 11. The summed E-state index contributed by atoms with van der Waals surface area (Å²) in [5.74, 6) is -1.39. The molecule has 1 aliphatic rings. The summed E-state index contributed by atoms with van der Waals surface area (Å²) < 4.78 is 15.5. The fourth-order valence-electron chi connectivity index (χ4n) is 2.75. The molecule has 32 heavy (non-hydrogen) atoms. The fourth-order valence-corrected chi connectivity index (χ4v) is 2.75. The Balaban J connectivity index is 0.000000390. The van der Waals surface area contributed by atoms with Gasteiger partial charge in [-0.3, -0.25) is 4.79 Å². The van der Waals surface area contributed by atoms with Gasteiger partial charge in [-0.2, -0.15) is 0 Å². The van der Waals surface area contributed by atoms with Gasteiger partial charge in [0.1, 0.15) is 36.0 Å². The molecule has 6 atom stereocenters. The maximum atomic E-state index is 11.2. The van der Waals surface area contributed by atoms with Gasteiger partial charge in [0.05, 0.1) is 6.61 Å². The molecule has 1 aromatic heterocycles. The number of carboxylic acid groups (broad SMARTS) is 1. The molecular weight excluding hydrogens is 430 g/mol. The lowest BCUT2D eigenvalue weighted by atomic mass is 9.99. The number of phenols is 1. The first-order chi connectivity index (χ1) is 15.0. The number of fused-ring (bicyclic) bond motifs is 1.